The molecule has 0 bridgehead atoms. The van der Waals surface area contributed by atoms with Gasteiger partial charge in [0.05, 0.1) is 7.11 Å². The number of likely N-dealkylation sites (N-methyl/N-ethyl adjacent to an activating group) is 2. The van der Waals surface area contributed by atoms with Crippen molar-refractivity contribution in [1.82, 2.24) is 15.1 Å². The molecular formula is C20H34N4O. The molecule has 0 aromatic heterocycles. The van der Waals surface area contributed by atoms with E-state index in [1.165, 1.54) is 30.5 Å². The van der Waals surface area contributed by atoms with E-state index in [1.807, 2.05) is 7.05 Å². The number of hydrogen-bond acceptors (Lipinski definition) is 3. The van der Waals surface area contributed by atoms with Crippen LogP contribution in [0.25, 0.3) is 0 Å². The molecular weight excluding hydrogens is 312 g/mol. The molecule has 2 rings (SSSR count). The van der Waals surface area contributed by atoms with E-state index in [9.17, 15) is 0 Å². The molecule has 1 aliphatic rings. The molecule has 1 aromatic carbocycles. The van der Waals surface area contributed by atoms with Crippen molar-refractivity contribution in [2.24, 2.45) is 4.99 Å². The molecule has 1 atom stereocenters. The van der Waals surface area contributed by atoms with Gasteiger partial charge in [-0.2, -0.15) is 0 Å². The number of aryl methyl sites for hydroxylation is 1. The molecule has 0 amide bonds. The number of likely N-dealkylation sites (tertiary alicyclic amines) is 1. The molecule has 0 saturated carbocycles. The highest BCUT2D eigenvalue weighted by Crippen LogP contribution is 2.19. The molecule has 1 unspecified atom stereocenters. The fraction of sp³-hybridized carbons (Fsp3) is 0.650. The van der Waals surface area contributed by atoms with Crippen molar-refractivity contribution >= 4 is 5.96 Å². The zero-order chi connectivity index (χ0) is 18.2. The Balaban J connectivity index is 1.83. The maximum absolute atomic E-state index is 5.41. The molecule has 1 saturated heterocycles. The third-order valence-corrected chi connectivity index (χ3v) is 5.13. The summed E-state index contributed by atoms with van der Waals surface area (Å²) in [6, 6.07) is 7.06. The van der Waals surface area contributed by atoms with E-state index in [1.54, 1.807) is 7.11 Å². The number of nitrogens with one attached hydrogen (secondary N) is 1. The van der Waals surface area contributed by atoms with Crippen LogP contribution in [0.3, 0.4) is 0 Å². The second-order valence-corrected chi connectivity index (χ2v) is 6.83. The highest BCUT2D eigenvalue weighted by molar-refractivity contribution is 5.79. The van der Waals surface area contributed by atoms with Gasteiger partial charge in [-0.15, -0.1) is 0 Å². The fourth-order valence-electron chi connectivity index (χ4n) is 3.64. The number of ether oxygens (including phenoxy) is 1. The van der Waals surface area contributed by atoms with Crippen LogP contribution >= 0.6 is 0 Å². The summed E-state index contributed by atoms with van der Waals surface area (Å²) in [5.41, 5.74) is 2.45. The van der Waals surface area contributed by atoms with E-state index < -0.39 is 0 Å². The summed E-state index contributed by atoms with van der Waals surface area (Å²) in [7, 11) is 5.72. The first-order valence-electron chi connectivity index (χ1n) is 9.38. The maximum atomic E-state index is 5.41. The molecule has 0 aliphatic carbocycles. The molecule has 0 spiro atoms. The summed E-state index contributed by atoms with van der Waals surface area (Å²) >= 11 is 0. The van der Waals surface area contributed by atoms with Crippen LogP contribution in [0.15, 0.2) is 23.2 Å². The molecule has 5 heteroatoms. The Morgan fingerprint density at radius 2 is 2.24 bits per heavy atom. The van der Waals surface area contributed by atoms with Crippen molar-refractivity contribution in [3.63, 3.8) is 0 Å². The quantitative estimate of drug-likeness (QED) is 0.608. The molecule has 0 radical (unpaired) electrons. The molecule has 1 N–H and O–H groups in total. The lowest BCUT2D eigenvalue weighted by Crippen LogP contribution is -2.46. The van der Waals surface area contributed by atoms with E-state index >= 15 is 0 Å². The second-order valence-electron chi connectivity index (χ2n) is 6.83. The van der Waals surface area contributed by atoms with Gasteiger partial charge in [-0.3, -0.25) is 9.89 Å². The monoisotopic (exact) mass is 346 g/mol. The fourth-order valence-corrected chi connectivity index (χ4v) is 3.64. The van der Waals surface area contributed by atoms with E-state index in [4.69, 9.17) is 4.74 Å². The second kappa shape index (κ2) is 9.66. The Labute approximate surface area is 153 Å². The Hall–Kier alpha value is -1.75. The lowest BCUT2D eigenvalue weighted by Gasteiger charge is -2.29. The van der Waals surface area contributed by atoms with Crippen LogP contribution in [0.1, 0.15) is 30.9 Å². The van der Waals surface area contributed by atoms with Crippen LogP contribution in [0.4, 0.5) is 0 Å². The minimum atomic E-state index is 0.648. The highest BCUT2D eigenvalue weighted by Gasteiger charge is 2.24. The summed E-state index contributed by atoms with van der Waals surface area (Å²) in [4.78, 5) is 9.28. The average Bonchev–Trinajstić information content (AvgIpc) is 3.07. The lowest BCUT2D eigenvalue weighted by atomic mass is 10.1. The van der Waals surface area contributed by atoms with Gasteiger partial charge in [0.2, 0.25) is 0 Å². The van der Waals surface area contributed by atoms with Crippen molar-refractivity contribution in [2.75, 3.05) is 47.4 Å². The van der Waals surface area contributed by atoms with E-state index in [0.717, 1.165) is 37.8 Å². The number of nitrogens with zero attached hydrogens (tertiary/aromatic N) is 3. The van der Waals surface area contributed by atoms with Gasteiger partial charge in [0, 0.05) is 33.2 Å². The Bertz CT molecular complexity index is 573. The predicted molar refractivity (Wildman–Crippen MR) is 106 cm³/mol. The molecule has 1 heterocycles. The summed E-state index contributed by atoms with van der Waals surface area (Å²) < 4.78 is 5.41. The normalized spacial score (nSPS) is 18.4. The first-order valence-corrected chi connectivity index (χ1v) is 9.38. The Kier molecular flexibility index (Phi) is 7.56. The smallest absolute Gasteiger partial charge is 0.193 e. The van der Waals surface area contributed by atoms with Crippen molar-refractivity contribution in [1.29, 1.82) is 0 Å². The number of rotatable bonds is 7. The van der Waals surface area contributed by atoms with Crippen LogP contribution < -0.4 is 10.1 Å². The van der Waals surface area contributed by atoms with Gasteiger partial charge in [-0.25, -0.2) is 0 Å². The Morgan fingerprint density at radius 3 is 2.92 bits per heavy atom. The SMILES string of the molecule is CCN1CCCC1CN(C)C(=NC)NCCc1ccc(C)c(OC)c1. The van der Waals surface area contributed by atoms with Crippen molar-refractivity contribution in [3.8, 4) is 5.75 Å². The molecule has 1 aromatic rings. The van der Waals surface area contributed by atoms with E-state index in [0.29, 0.717) is 6.04 Å². The van der Waals surface area contributed by atoms with E-state index in [2.05, 4.69) is 59.2 Å². The van der Waals surface area contributed by atoms with E-state index in [-0.39, 0.29) is 0 Å². The number of hydrogen-bond donors (Lipinski definition) is 1. The van der Waals surface area contributed by atoms with Gasteiger partial charge >= 0.3 is 0 Å². The first kappa shape index (κ1) is 19.6. The van der Waals surface area contributed by atoms with Crippen LogP contribution in [-0.2, 0) is 6.42 Å². The zero-order valence-corrected chi connectivity index (χ0v) is 16.5. The third kappa shape index (κ3) is 5.36. The Morgan fingerprint density at radius 1 is 1.44 bits per heavy atom. The van der Waals surface area contributed by atoms with Crippen LogP contribution in [0.5, 0.6) is 5.75 Å². The van der Waals surface area contributed by atoms with Crippen LogP contribution in [-0.4, -0.2) is 69.2 Å². The van der Waals surface area contributed by atoms with Crippen molar-refractivity contribution < 1.29 is 4.74 Å². The van der Waals surface area contributed by atoms with Crippen LogP contribution in [0, 0.1) is 6.92 Å². The molecule has 1 fully saturated rings. The standard InChI is InChI=1S/C20H34N4O/c1-6-24-13-7-8-18(24)15-23(4)20(21-3)22-12-11-17-10-9-16(2)19(14-17)25-5/h9-10,14,18H,6-8,11-13,15H2,1-5H3,(H,21,22). The predicted octanol–water partition coefficient (Wildman–Crippen LogP) is 2.54. The molecule has 140 valence electrons. The molecule has 25 heavy (non-hydrogen) atoms. The topological polar surface area (TPSA) is 40.1 Å². The van der Waals surface area contributed by atoms with Gasteiger partial charge in [-0.05, 0) is 56.5 Å². The number of methoxy groups -OCH3 is 1. The minimum Gasteiger partial charge on any atom is -0.496 e. The zero-order valence-electron chi connectivity index (χ0n) is 16.5. The van der Waals surface area contributed by atoms with Gasteiger partial charge in [-0.1, -0.05) is 19.1 Å². The van der Waals surface area contributed by atoms with Crippen molar-refractivity contribution in [2.45, 2.75) is 39.2 Å². The van der Waals surface area contributed by atoms with Crippen LogP contribution in [0.2, 0.25) is 0 Å². The summed E-state index contributed by atoms with van der Waals surface area (Å²) in [5.74, 6) is 1.93. The van der Waals surface area contributed by atoms with Gasteiger partial charge < -0.3 is 15.0 Å². The molecule has 1 aliphatic heterocycles. The lowest BCUT2D eigenvalue weighted by molar-refractivity contribution is 0.233. The number of aliphatic imine (C=N–C) groups is 1. The van der Waals surface area contributed by atoms with Gasteiger partial charge in [0.1, 0.15) is 5.75 Å². The highest BCUT2D eigenvalue weighted by atomic mass is 16.5. The summed E-state index contributed by atoms with van der Waals surface area (Å²) in [6.07, 6.45) is 3.56. The number of benzene rings is 1. The number of guanidine groups is 1. The van der Waals surface area contributed by atoms with Crippen molar-refractivity contribution in [3.05, 3.63) is 29.3 Å². The first-order chi connectivity index (χ1) is 12.1. The summed E-state index contributed by atoms with van der Waals surface area (Å²) in [5, 5.41) is 3.49. The average molecular weight is 347 g/mol. The summed E-state index contributed by atoms with van der Waals surface area (Å²) in [6.45, 7) is 8.59. The van der Waals surface area contributed by atoms with Gasteiger partial charge in [0.15, 0.2) is 5.96 Å². The third-order valence-electron chi connectivity index (χ3n) is 5.13. The minimum absolute atomic E-state index is 0.648. The maximum Gasteiger partial charge on any atom is 0.193 e. The molecule has 5 nitrogen and oxygen atoms in total. The largest absolute Gasteiger partial charge is 0.496 e. The van der Waals surface area contributed by atoms with Gasteiger partial charge in [0.25, 0.3) is 0 Å².